The van der Waals surface area contributed by atoms with Crippen LogP contribution in [-0.4, -0.2) is 21.7 Å². The van der Waals surface area contributed by atoms with Gasteiger partial charge in [0.15, 0.2) is 5.96 Å². The van der Waals surface area contributed by atoms with E-state index in [1.165, 1.54) is 0 Å². The molecule has 0 aliphatic rings. The lowest BCUT2D eigenvalue weighted by molar-refractivity contribution is 0.508. The molecule has 1 aromatic rings. The van der Waals surface area contributed by atoms with Gasteiger partial charge in [-0.15, -0.1) is 0 Å². The standard InChI is InChI=1S/C9H17N5/c1-9(2,3)14-8(10)11-4-7-5-12-13-6-7/h5-6H,4H2,1-3H3,(H,12,13)(H3,10,11,14). The summed E-state index contributed by atoms with van der Waals surface area (Å²) in [6, 6.07) is 0. The fourth-order valence-corrected chi connectivity index (χ4v) is 0.964. The van der Waals surface area contributed by atoms with E-state index in [4.69, 9.17) is 5.73 Å². The fraction of sp³-hybridized carbons (Fsp3) is 0.556. The van der Waals surface area contributed by atoms with Crippen LogP contribution in [0, 0.1) is 0 Å². The predicted molar refractivity (Wildman–Crippen MR) is 56.8 cm³/mol. The van der Waals surface area contributed by atoms with Gasteiger partial charge < -0.3 is 11.1 Å². The average Bonchev–Trinajstić information content (AvgIpc) is 2.49. The Morgan fingerprint density at radius 3 is 2.86 bits per heavy atom. The largest absolute Gasteiger partial charge is 0.370 e. The number of nitrogens with two attached hydrogens (primary N) is 1. The van der Waals surface area contributed by atoms with Crippen LogP contribution in [0.25, 0.3) is 0 Å². The summed E-state index contributed by atoms with van der Waals surface area (Å²) in [5.41, 5.74) is 6.65. The fourth-order valence-electron chi connectivity index (χ4n) is 0.964. The van der Waals surface area contributed by atoms with Crippen molar-refractivity contribution in [3.05, 3.63) is 18.0 Å². The van der Waals surface area contributed by atoms with Crippen molar-refractivity contribution in [1.29, 1.82) is 0 Å². The molecule has 0 saturated heterocycles. The van der Waals surface area contributed by atoms with Gasteiger partial charge in [0.05, 0.1) is 12.7 Å². The van der Waals surface area contributed by atoms with Gasteiger partial charge in [-0.25, -0.2) is 4.99 Å². The SMILES string of the molecule is CC(C)(C)NC(N)=NCc1cn[nH]c1. The maximum Gasteiger partial charge on any atom is 0.189 e. The summed E-state index contributed by atoms with van der Waals surface area (Å²) >= 11 is 0. The molecule has 5 heteroatoms. The van der Waals surface area contributed by atoms with Gasteiger partial charge in [-0.3, -0.25) is 5.10 Å². The molecule has 0 bridgehead atoms. The molecule has 0 radical (unpaired) electrons. The molecule has 0 unspecified atom stereocenters. The van der Waals surface area contributed by atoms with E-state index >= 15 is 0 Å². The van der Waals surface area contributed by atoms with Gasteiger partial charge in [0.25, 0.3) is 0 Å². The Labute approximate surface area is 83.8 Å². The molecule has 0 amide bonds. The maximum atomic E-state index is 5.68. The number of rotatable bonds is 2. The van der Waals surface area contributed by atoms with Crippen molar-refractivity contribution in [2.45, 2.75) is 32.9 Å². The number of hydrogen-bond donors (Lipinski definition) is 3. The smallest absolute Gasteiger partial charge is 0.189 e. The summed E-state index contributed by atoms with van der Waals surface area (Å²) in [6.07, 6.45) is 3.53. The molecule has 0 aromatic carbocycles. The molecule has 5 nitrogen and oxygen atoms in total. The Kier molecular flexibility index (Phi) is 3.11. The molecule has 0 atom stereocenters. The van der Waals surface area contributed by atoms with Crippen molar-refractivity contribution in [3.8, 4) is 0 Å². The number of guanidine groups is 1. The highest BCUT2D eigenvalue weighted by Crippen LogP contribution is 1.99. The lowest BCUT2D eigenvalue weighted by atomic mass is 10.1. The lowest BCUT2D eigenvalue weighted by Gasteiger charge is -2.20. The zero-order valence-corrected chi connectivity index (χ0v) is 8.83. The molecular weight excluding hydrogens is 178 g/mol. The molecule has 0 fully saturated rings. The van der Waals surface area contributed by atoms with E-state index < -0.39 is 0 Å². The van der Waals surface area contributed by atoms with E-state index in [1.807, 2.05) is 20.8 Å². The van der Waals surface area contributed by atoms with Gasteiger partial charge in [0, 0.05) is 17.3 Å². The first-order valence-electron chi connectivity index (χ1n) is 4.53. The summed E-state index contributed by atoms with van der Waals surface area (Å²) in [7, 11) is 0. The number of nitrogens with zero attached hydrogens (tertiary/aromatic N) is 2. The zero-order chi connectivity index (χ0) is 10.6. The Hall–Kier alpha value is -1.52. The van der Waals surface area contributed by atoms with Crippen LogP contribution in [-0.2, 0) is 6.54 Å². The Balaban J connectivity index is 2.45. The van der Waals surface area contributed by atoms with Crippen LogP contribution >= 0.6 is 0 Å². The Morgan fingerprint density at radius 2 is 2.36 bits per heavy atom. The molecule has 0 spiro atoms. The van der Waals surface area contributed by atoms with E-state index in [1.54, 1.807) is 12.4 Å². The Morgan fingerprint density at radius 1 is 1.64 bits per heavy atom. The highest BCUT2D eigenvalue weighted by Gasteiger charge is 2.09. The number of aromatic amines is 1. The number of H-pyrrole nitrogens is 1. The predicted octanol–water partition coefficient (Wildman–Crippen LogP) is 0.613. The Bertz CT molecular complexity index is 294. The quantitative estimate of drug-likeness (QED) is 0.478. The van der Waals surface area contributed by atoms with E-state index in [2.05, 4.69) is 20.5 Å². The minimum atomic E-state index is -0.0516. The van der Waals surface area contributed by atoms with Crippen molar-refractivity contribution in [2.24, 2.45) is 10.7 Å². The van der Waals surface area contributed by atoms with Crippen LogP contribution in [0.5, 0.6) is 0 Å². The van der Waals surface area contributed by atoms with Gasteiger partial charge in [0.2, 0.25) is 0 Å². The van der Waals surface area contributed by atoms with Crippen molar-refractivity contribution in [3.63, 3.8) is 0 Å². The second kappa shape index (κ2) is 4.13. The molecule has 0 aliphatic heterocycles. The zero-order valence-electron chi connectivity index (χ0n) is 8.83. The van der Waals surface area contributed by atoms with Crippen LogP contribution in [0.4, 0.5) is 0 Å². The van der Waals surface area contributed by atoms with Gasteiger partial charge in [-0.2, -0.15) is 5.10 Å². The second-order valence-electron chi connectivity index (χ2n) is 4.18. The van der Waals surface area contributed by atoms with Gasteiger partial charge in [-0.05, 0) is 20.8 Å². The second-order valence-corrected chi connectivity index (χ2v) is 4.18. The summed E-state index contributed by atoms with van der Waals surface area (Å²) in [5.74, 6) is 0.457. The first kappa shape index (κ1) is 10.6. The van der Waals surface area contributed by atoms with Crippen molar-refractivity contribution < 1.29 is 0 Å². The molecule has 0 saturated carbocycles. The van der Waals surface area contributed by atoms with Gasteiger partial charge >= 0.3 is 0 Å². The highest BCUT2D eigenvalue weighted by atomic mass is 15.1. The van der Waals surface area contributed by atoms with Crippen molar-refractivity contribution >= 4 is 5.96 Å². The first-order chi connectivity index (χ1) is 6.47. The molecule has 1 heterocycles. The van der Waals surface area contributed by atoms with Crippen LogP contribution < -0.4 is 11.1 Å². The van der Waals surface area contributed by atoms with Crippen molar-refractivity contribution in [2.75, 3.05) is 0 Å². The number of nitrogens with one attached hydrogen (secondary N) is 2. The third kappa shape index (κ3) is 3.93. The summed E-state index contributed by atoms with van der Waals surface area (Å²) < 4.78 is 0. The number of aromatic nitrogens is 2. The normalized spacial score (nSPS) is 12.9. The third-order valence-corrected chi connectivity index (χ3v) is 1.49. The average molecular weight is 195 g/mol. The van der Waals surface area contributed by atoms with E-state index in [9.17, 15) is 0 Å². The molecule has 4 N–H and O–H groups in total. The summed E-state index contributed by atoms with van der Waals surface area (Å²) in [4.78, 5) is 4.18. The minimum absolute atomic E-state index is 0.0516. The van der Waals surface area contributed by atoms with Crippen LogP contribution in [0.3, 0.4) is 0 Å². The highest BCUT2D eigenvalue weighted by molar-refractivity contribution is 5.78. The van der Waals surface area contributed by atoms with Crippen LogP contribution in [0.2, 0.25) is 0 Å². The maximum absolute atomic E-state index is 5.68. The summed E-state index contributed by atoms with van der Waals surface area (Å²) in [5, 5.41) is 9.62. The van der Waals surface area contributed by atoms with Crippen LogP contribution in [0.15, 0.2) is 17.4 Å². The molecule has 78 valence electrons. The van der Waals surface area contributed by atoms with E-state index in [-0.39, 0.29) is 5.54 Å². The van der Waals surface area contributed by atoms with Gasteiger partial charge in [-0.1, -0.05) is 0 Å². The third-order valence-electron chi connectivity index (χ3n) is 1.49. The monoisotopic (exact) mass is 195 g/mol. The molecule has 0 aliphatic carbocycles. The van der Waals surface area contributed by atoms with Crippen LogP contribution in [0.1, 0.15) is 26.3 Å². The first-order valence-corrected chi connectivity index (χ1v) is 4.53. The number of aliphatic imine (C=N–C) groups is 1. The lowest BCUT2D eigenvalue weighted by Crippen LogP contribution is -2.44. The van der Waals surface area contributed by atoms with Crippen molar-refractivity contribution in [1.82, 2.24) is 15.5 Å². The topological polar surface area (TPSA) is 79.1 Å². The van der Waals surface area contributed by atoms with E-state index in [0.717, 1.165) is 5.56 Å². The van der Waals surface area contributed by atoms with Gasteiger partial charge in [0.1, 0.15) is 0 Å². The summed E-state index contributed by atoms with van der Waals surface area (Å²) in [6.45, 7) is 6.65. The molecule has 14 heavy (non-hydrogen) atoms. The van der Waals surface area contributed by atoms with E-state index in [0.29, 0.717) is 12.5 Å². The molecule has 1 rings (SSSR count). The molecule has 1 aromatic heterocycles. The number of hydrogen-bond acceptors (Lipinski definition) is 2. The minimum Gasteiger partial charge on any atom is -0.370 e. The molecular formula is C9H17N5.